The third-order valence-corrected chi connectivity index (χ3v) is 3.78. The minimum atomic E-state index is -0.0212. The van der Waals surface area contributed by atoms with Gasteiger partial charge in [0.05, 0.1) is 12.7 Å². The summed E-state index contributed by atoms with van der Waals surface area (Å²) in [5.41, 5.74) is 0.551. The molecule has 18 heavy (non-hydrogen) atoms. The molecular formula is C13H15Cl2NO2. The van der Waals surface area contributed by atoms with E-state index in [1.165, 1.54) is 7.11 Å². The number of hydrogen-bond donors (Lipinski definition) is 0. The van der Waals surface area contributed by atoms with E-state index in [9.17, 15) is 4.79 Å². The van der Waals surface area contributed by atoms with E-state index in [2.05, 4.69) is 0 Å². The molecule has 0 aromatic heterocycles. The minimum Gasteiger partial charge on any atom is -0.496 e. The van der Waals surface area contributed by atoms with E-state index < -0.39 is 0 Å². The maximum absolute atomic E-state index is 12.4. The van der Waals surface area contributed by atoms with Gasteiger partial charge in [-0.3, -0.25) is 4.79 Å². The number of halogens is 2. The van der Waals surface area contributed by atoms with Crippen LogP contribution < -0.4 is 4.74 Å². The summed E-state index contributed by atoms with van der Waals surface area (Å²) in [6, 6.07) is 5.06. The third kappa shape index (κ3) is 2.90. The number of benzene rings is 1. The SMILES string of the molecule is COc1cc(Cl)ccc1C(=O)N1CCC(Cl)CC1. The van der Waals surface area contributed by atoms with Crippen molar-refractivity contribution in [2.45, 2.75) is 18.2 Å². The molecule has 1 aliphatic heterocycles. The monoisotopic (exact) mass is 287 g/mol. The maximum atomic E-state index is 12.4. The highest BCUT2D eigenvalue weighted by Gasteiger charge is 2.24. The summed E-state index contributed by atoms with van der Waals surface area (Å²) in [5, 5.41) is 0.740. The van der Waals surface area contributed by atoms with Crippen LogP contribution in [0.25, 0.3) is 0 Å². The van der Waals surface area contributed by atoms with E-state index in [0.717, 1.165) is 12.8 Å². The summed E-state index contributed by atoms with van der Waals surface area (Å²) < 4.78 is 5.20. The fourth-order valence-electron chi connectivity index (χ4n) is 2.06. The molecule has 0 N–H and O–H groups in total. The zero-order valence-corrected chi connectivity index (χ0v) is 11.7. The molecule has 5 heteroatoms. The number of alkyl halides is 1. The van der Waals surface area contributed by atoms with Crippen LogP contribution in [0.3, 0.4) is 0 Å². The van der Waals surface area contributed by atoms with Gasteiger partial charge in [-0.05, 0) is 31.0 Å². The van der Waals surface area contributed by atoms with Crippen molar-refractivity contribution in [3.05, 3.63) is 28.8 Å². The van der Waals surface area contributed by atoms with Gasteiger partial charge in [-0.2, -0.15) is 0 Å². The number of hydrogen-bond acceptors (Lipinski definition) is 2. The van der Waals surface area contributed by atoms with E-state index in [0.29, 0.717) is 29.4 Å². The Kier molecular flexibility index (Phi) is 4.36. The maximum Gasteiger partial charge on any atom is 0.257 e. The first-order valence-corrected chi connectivity index (χ1v) is 6.70. The molecule has 2 rings (SSSR count). The topological polar surface area (TPSA) is 29.5 Å². The van der Waals surface area contributed by atoms with Crippen LogP contribution in [0.4, 0.5) is 0 Å². The van der Waals surface area contributed by atoms with Crippen molar-refractivity contribution in [3.8, 4) is 5.75 Å². The number of carbonyl (C=O) groups excluding carboxylic acids is 1. The molecule has 1 amide bonds. The molecule has 0 atom stereocenters. The summed E-state index contributed by atoms with van der Waals surface area (Å²) in [7, 11) is 1.54. The Morgan fingerprint density at radius 3 is 2.67 bits per heavy atom. The smallest absolute Gasteiger partial charge is 0.257 e. The van der Waals surface area contributed by atoms with Crippen molar-refractivity contribution in [2.24, 2.45) is 0 Å². The predicted molar refractivity (Wildman–Crippen MR) is 72.8 cm³/mol. The average Bonchev–Trinajstić information content (AvgIpc) is 2.38. The average molecular weight is 288 g/mol. The Balaban J connectivity index is 2.18. The number of piperidine rings is 1. The second-order valence-corrected chi connectivity index (χ2v) is 5.37. The van der Waals surface area contributed by atoms with Gasteiger partial charge in [0, 0.05) is 23.5 Å². The molecule has 0 spiro atoms. The highest BCUT2D eigenvalue weighted by Crippen LogP contribution is 2.26. The van der Waals surface area contributed by atoms with E-state index >= 15 is 0 Å². The van der Waals surface area contributed by atoms with Crippen LogP contribution in [-0.2, 0) is 0 Å². The van der Waals surface area contributed by atoms with Crippen LogP contribution in [0.15, 0.2) is 18.2 Å². The van der Waals surface area contributed by atoms with Gasteiger partial charge in [0.1, 0.15) is 5.75 Å². The van der Waals surface area contributed by atoms with Gasteiger partial charge in [-0.15, -0.1) is 11.6 Å². The third-order valence-electron chi connectivity index (χ3n) is 3.11. The lowest BCUT2D eigenvalue weighted by Gasteiger charge is -2.29. The van der Waals surface area contributed by atoms with Crippen molar-refractivity contribution in [3.63, 3.8) is 0 Å². The van der Waals surface area contributed by atoms with Crippen LogP contribution in [-0.4, -0.2) is 36.4 Å². The van der Waals surface area contributed by atoms with Gasteiger partial charge < -0.3 is 9.64 Å². The molecule has 0 radical (unpaired) electrons. The van der Waals surface area contributed by atoms with Gasteiger partial charge in [0.15, 0.2) is 0 Å². The highest BCUT2D eigenvalue weighted by atomic mass is 35.5. The Labute approximate surface area is 117 Å². The molecule has 1 aromatic carbocycles. The molecule has 0 aliphatic carbocycles. The molecular weight excluding hydrogens is 273 g/mol. The first-order valence-electron chi connectivity index (χ1n) is 5.88. The van der Waals surface area contributed by atoms with Gasteiger partial charge in [-0.1, -0.05) is 11.6 Å². The van der Waals surface area contributed by atoms with E-state index in [1.807, 2.05) is 4.90 Å². The Bertz CT molecular complexity index is 443. The van der Waals surface area contributed by atoms with E-state index in [4.69, 9.17) is 27.9 Å². The van der Waals surface area contributed by atoms with Crippen molar-refractivity contribution < 1.29 is 9.53 Å². The second kappa shape index (κ2) is 5.81. The Hall–Kier alpha value is -0.930. The summed E-state index contributed by atoms with van der Waals surface area (Å²) in [6.07, 6.45) is 1.67. The van der Waals surface area contributed by atoms with Crippen LogP contribution in [0.1, 0.15) is 23.2 Å². The van der Waals surface area contributed by atoms with Gasteiger partial charge in [0.25, 0.3) is 5.91 Å². The molecule has 98 valence electrons. The minimum absolute atomic E-state index is 0.0212. The molecule has 0 unspecified atom stereocenters. The van der Waals surface area contributed by atoms with Gasteiger partial charge in [0.2, 0.25) is 0 Å². The predicted octanol–water partition coefficient (Wildman–Crippen LogP) is 3.19. The fourth-order valence-corrected chi connectivity index (χ4v) is 2.42. The number of carbonyl (C=O) groups is 1. The highest BCUT2D eigenvalue weighted by molar-refractivity contribution is 6.30. The summed E-state index contributed by atoms with van der Waals surface area (Å²) in [5.74, 6) is 0.493. The van der Waals surface area contributed by atoms with Gasteiger partial charge in [-0.25, -0.2) is 0 Å². The second-order valence-electron chi connectivity index (χ2n) is 4.31. The largest absolute Gasteiger partial charge is 0.496 e. The number of rotatable bonds is 2. The number of amides is 1. The first-order chi connectivity index (χ1) is 8.61. The Morgan fingerprint density at radius 1 is 1.39 bits per heavy atom. The standard InChI is InChI=1S/C13H15Cl2NO2/c1-18-12-8-10(15)2-3-11(12)13(17)16-6-4-9(14)5-7-16/h2-3,8-9H,4-7H2,1H3. The molecule has 1 fully saturated rings. The summed E-state index contributed by atoms with van der Waals surface area (Å²) in [4.78, 5) is 14.2. The van der Waals surface area contributed by atoms with Gasteiger partial charge >= 0.3 is 0 Å². The zero-order valence-electron chi connectivity index (χ0n) is 10.2. The normalized spacial score (nSPS) is 16.7. The van der Waals surface area contributed by atoms with Crippen molar-refractivity contribution in [2.75, 3.05) is 20.2 Å². The molecule has 0 bridgehead atoms. The molecule has 1 aromatic rings. The quantitative estimate of drug-likeness (QED) is 0.782. The fraction of sp³-hybridized carbons (Fsp3) is 0.462. The molecule has 3 nitrogen and oxygen atoms in total. The zero-order chi connectivity index (χ0) is 13.1. The van der Waals surface area contributed by atoms with Crippen LogP contribution in [0.2, 0.25) is 5.02 Å². The number of nitrogens with zero attached hydrogens (tertiary/aromatic N) is 1. The lowest BCUT2D eigenvalue weighted by atomic mass is 10.1. The Morgan fingerprint density at radius 2 is 2.06 bits per heavy atom. The van der Waals surface area contributed by atoms with E-state index in [1.54, 1.807) is 18.2 Å². The number of ether oxygens (including phenoxy) is 1. The van der Waals surface area contributed by atoms with Crippen LogP contribution in [0, 0.1) is 0 Å². The van der Waals surface area contributed by atoms with Crippen molar-refractivity contribution >= 4 is 29.1 Å². The summed E-state index contributed by atoms with van der Waals surface area (Å²) >= 11 is 11.9. The van der Waals surface area contributed by atoms with Crippen molar-refractivity contribution in [1.29, 1.82) is 0 Å². The van der Waals surface area contributed by atoms with Crippen molar-refractivity contribution in [1.82, 2.24) is 4.90 Å². The molecule has 1 saturated heterocycles. The molecule has 1 aliphatic rings. The lowest BCUT2D eigenvalue weighted by molar-refractivity contribution is 0.0723. The number of methoxy groups -OCH3 is 1. The van der Waals surface area contributed by atoms with Crippen LogP contribution >= 0.6 is 23.2 Å². The number of likely N-dealkylation sites (tertiary alicyclic amines) is 1. The molecule has 0 saturated carbocycles. The van der Waals surface area contributed by atoms with Crippen LogP contribution in [0.5, 0.6) is 5.75 Å². The van der Waals surface area contributed by atoms with E-state index in [-0.39, 0.29) is 11.3 Å². The molecule has 1 heterocycles. The lowest BCUT2D eigenvalue weighted by Crippen LogP contribution is -2.38. The summed E-state index contributed by atoms with van der Waals surface area (Å²) in [6.45, 7) is 1.39. The first kappa shape index (κ1) is 13.5.